The van der Waals surface area contributed by atoms with E-state index in [2.05, 4.69) is 55.0 Å². The molecule has 0 saturated carbocycles. The van der Waals surface area contributed by atoms with Crippen molar-refractivity contribution in [3.8, 4) is 0 Å². The third-order valence-electron chi connectivity index (χ3n) is 4.62. The number of pyridine rings is 1. The minimum absolute atomic E-state index is 0.444. The van der Waals surface area contributed by atoms with Crippen molar-refractivity contribution in [2.45, 2.75) is 53.5 Å². The van der Waals surface area contributed by atoms with Crippen LogP contribution in [0.2, 0.25) is 0 Å². The van der Waals surface area contributed by atoms with Crippen LogP contribution in [0.5, 0.6) is 0 Å². The average molecular weight is 289 g/mol. The van der Waals surface area contributed by atoms with Gasteiger partial charge in [0, 0.05) is 31.5 Å². The summed E-state index contributed by atoms with van der Waals surface area (Å²) in [5, 5.41) is 3.43. The molecule has 0 aliphatic carbocycles. The summed E-state index contributed by atoms with van der Waals surface area (Å²) < 4.78 is 0. The minimum Gasteiger partial charge on any atom is -0.371 e. The molecule has 0 amide bonds. The fourth-order valence-corrected chi connectivity index (χ4v) is 3.16. The number of nitrogens with one attached hydrogen (secondary N) is 1. The van der Waals surface area contributed by atoms with Gasteiger partial charge in [-0.3, -0.25) is 4.98 Å². The first-order chi connectivity index (χ1) is 10.0. The zero-order valence-corrected chi connectivity index (χ0v) is 14.2. The molecule has 0 aromatic carbocycles. The molecule has 2 heterocycles. The fourth-order valence-electron chi connectivity index (χ4n) is 3.16. The Labute approximate surface area is 130 Å². The van der Waals surface area contributed by atoms with Gasteiger partial charge in [-0.1, -0.05) is 27.7 Å². The Bertz CT molecular complexity index is 428. The third-order valence-corrected chi connectivity index (χ3v) is 4.62. The monoisotopic (exact) mass is 289 g/mol. The predicted octanol–water partition coefficient (Wildman–Crippen LogP) is 3.84. The van der Waals surface area contributed by atoms with E-state index in [0.29, 0.717) is 5.41 Å². The summed E-state index contributed by atoms with van der Waals surface area (Å²) in [6.45, 7) is 13.6. The maximum absolute atomic E-state index is 4.47. The van der Waals surface area contributed by atoms with Crippen molar-refractivity contribution in [1.82, 2.24) is 10.3 Å². The number of anilines is 1. The lowest BCUT2D eigenvalue weighted by molar-refractivity contribution is 0.199. The first-order valence-corrected chi connectivity index (χ1v) is 8.41. The van der Waals surface area contributed by atoms with Gasteiger partial charge in [-0.05, 0) is 49.3 Å². The van der Waals surface area contributed by atoms with Crippen LogP contribution in [0.15, 0.2) is 18.3 Å². The number of hydrogen-bond acceptors (Lipinski definition) is 3. The Balaban J connectivity index is 1.92. The highest BCUT2D eigenvalue weighted by atomic mass is 15.1. The molecule has 0 unspecified atom stereocenters. The van der Waals surface area contributed by atoms with Crippen LogP contribution in [-0.4, -0.2) is 24.6 Å². The van der Waals surface area contributed by atoms with Crippen molar-refractivity contribution in [2.24, 2.45) is 11.3 Å². The molecule has 3 nitrogen and oxygen atoms in total. The van der Waals surface area contributed by atoms with Crippen molar-refractivity contribution in [3.05, 3.63) is 24.0 Å². The van der Waals surface area contributed by atoms with E-state index in [4.69, 9.17) is 0 Å². The van der Waals surface area contributed by atoms with Crippen molar-refractivity contribution < 1.29 is 0 Å². The summed E-state index contributed by atoms with van der Waals surface area (Å²) in [7, 11) is 0. The molecule has 1 aromatic rings. The fraction of sp³-hybridized carbons (Fsp3) is 0.722. The van der Waals surface area contributed by atoms with Gasteiger partial charge in [-0.25, -0.2) is 0 Å². The normalized spacial score (nSPS) is 17.2. The van der Waals surface area contributed by atoms with E-state index >= 15 is 0 Å². The Morgan fingerprint density at radius 2 is 2.00 bits per heavy atom. The summed E-state index contributed by atoms with van der Waals surface area (Å²) in [5.74, 6) is 0.848. The molecule has 1 N–H and O–H groups in total. The maximum Gasteiger partial charge on any atom is 0.0562 e. The number of nitrogens with zero attached hydrogens (tertiary/aromatic N) is 2. The first kappa shape index (κ1) is 16.3. The van der Waals surface area contributed by atoms with E-state index < -0.39 is 0 Å². The van der Waals surface area contributed by atoms with Crippen LogP contribution in [0, 0.1) is 11.3 Å². The van der Waals surface area contributed by atoms with Gasteiger partial charge < -0.3 is 10.2 Å². The second-order valence-electron chi connectivity index (χ2n) is 7.31. The van der Waals surface area contributed by atoms with Crippen molar-refractivity contribution >= 4 is 5.69 Å². The van der Waals surface area contributed by atoms with Crippen LogP contribution in [0.4, 0.5) is 5.69 Å². The summed E-state index contributed by atoms with van der Waals surface area (Å²) in [4.78, 5) is 6.99. The largest absolute Gasteiger partial charge is 0.371 e. The lowest BCUT2D eigenvalue weighted by Crippen LogP contribution is -2.38. The van der Waals surface area contributed by atoms with Gasteiger partial charge >= 0.3 is 0 Å². The summed E-state index contributed by atoms with van der Waals surface area (Å²) in [6, 6.07) is 4.40. The molecule has 0 spiro atoms. The highest BCUT2D eigenvalue weighted by molar-refractivity contribution is 5.46. The van der Waals surface area contributed by atoms with Crippen molar-refractivity contribution in [3.63, 3.8) is 0 Å². The molecule has 118 valence electrons. The van der Waals surface area contributed by atoms with Gasteiger partial charge in [0.1, 0.15) is 0 Å². The van der Waals surface area contributed by atoms with Crippen LogP contribution in [-0.2, 0) is 6.54 Å². The van der Waals surface area contributed by atoms with Gasteiger partial charge in [0.15, 0.2) is 0 Å². The maximum atomic E-state index is 4.47. The third kappa shape index (κ3) is 4.70. The second-order valence-corrected chi connectivity index (χ2v) is 7.31. The molecule has 21 heavy (non-hydrogen) atoms. The number of piperidine rings is 1. The molecule has 1 aliphatic heterocycles. The molecule has 1 fully saturated rings. The highest BCUT2D eigenvalue weighted by Gasteiger charge is 2.28. The molecular formula is C18H31N3. The van der Waals surface area contributed by atoms with Gasteiger partial charge in [0.2, 0.25) is 0 Å². The van der Waals surface area contributed by atoms with E-state index in [-0.39, 0.29) is 0 Å². The van der Waals surface area contributed by atoms with Gasteiger partial charge in [0.05, 0.1) is 5.69 Å². The van der Waals surface area contributed by atoms with E-state index in [9.17, 15) is 0 Å². The molecular weight excluding hydrogens is 258 g/mol. The zero-order chi connectivity index (χ0) is 15.3. The molecule has 1 aliphatic rings. The van der Waals surface area contributed by atoms with E-state index in [1.165, 1.54) is 38.0 Å². The van der Waals surface area contributed by atoms with Gasteiger partial charge in [0.25, 0.3) is 0 Å². The van der Waals surface area contributed by atoms with E-state index in [0.717, 1.165) is 24.7 Å². The molecule has 2 rings (SSSR count). The van der Waals surface area contributed by atoms with Crippen LogP contribution in [0.3, 0.4) is 0 Å². The topological polar surface area (TPSA) is 28.2 Å². The van der Waals surface area contributed by atoms with Crippen LogP contribution in [0.25, 0.3) is 0 Å². The Hall–Kier alpha value is -1.09. The van der Waals surface area contributed by atoms with Crippen molar-refractivity contribution in [1.29, 1.82) is 0 Å². The molecule has 0 radical (unpaired) electrons. The molecule has 1 aromatic heterocycles. The number of rotatable bonds is 5. The lowest BCUT2D eigenvalue weighted by Gasteiger charge is -2.39. The van der Waals surface area contributed by atoms with E-state index in [1.54, 1.807) is 0 Å². The van der Waals surface area contributed by atoms with Crippen LogP contribution in [0.1, 0.15) is 52.7 Å². The molecule has 0 bridgehead atoms. The SMILES string of the molecule is CCCNCc1cc(N2CCC(C(C)(C)C)CC2)ccn1. The number of hydrogen-bond donors (Lipinski definition) is 1. The predicted molar refractivity (Wildman–Crippen MR) is 90.6 cm³/mol. The average Bonchev–Trinajstić information content (AvgIpc) is 2.47. The quantitative estimate of drug-likeness (QED) is 0.835. The second kappa shape index (κ2) is 7.26. The van der Waals surface area contributed by atoms with Crippen LogP contribution < -0.4 is 10.2 Å². The smallest absolute Gasteiger partial charge is 0.0562 e. The van der Waals surface area contributed by atoms with Crippen molar-refractivity contribution in [2.75, 3.05) is 24.5 Å². The summed E-state index contributed by atoms with van der Waals surface area (Å²) in [5.41, 5.74) is 2.93. The molecule has 0 atom stereocenters. The van der Waals surface area contributed by atoms with Gasteiger partial charge in [-0.2, -0.15) is 0 Å². The molecule has 3 heteroatoms. The van der Waals surface area contributed by atoms with Gasteiger partial charge in [-0.15, -0.1) is 0 Å². The Morgan fingerprint density at radius 1 is 1.29 bits per heavy atom. The van der Waals surface area contributed by atoms with Crippen LogP contribution >= 0.6 is 0 Å². The summed E-state index contributed by atoms with van der Waals surface area (Å²) >= 11 is 0. The van der Waals surface area contributed by atoms with E-state index in [1.807, 2.05) is 6.20 Å². The Morgan fingerprint density at radius 3 is 2.62 bits per heavy atom. The Kier molecular flexibility index (Phi) is 5.63. The standard InChI is InChI=1S/C18H31N3/c1-5-9-19-14-16-13-17(6-10-20-16)21-11-7-15(8-12-21)18(2,3)4/h6,10,13,15,19H,5,7-9,11-12,14H2,1-4H3. The lowest BCUT2D eigenvalue weighted by atomic mass is 9.75. The molecule has 1 saturated heterocycles. The summed E-state index contributed by atoms with van der Waals surface area (Å²) in [6.07, 6.45) is 5.72. The highest BCUT2D eigenvalue weighted by Crippen LogP contribution is 2.35. The number of aromatic nitrogens is 1. The first-order valence-electron chi connectivity index (χ1n) is 8.41. The zero-order valence-electron chi connectivity index (χ0n) is 14.2. The minimum atomic E-state index is 0.444.